The van der Waals surface area contributed by atoms with Crippen molar-refractivity contribution in [3.63, 3.8) is 0 Å². The van der Waals surface area contributed by atoms with Gasteiger partial charge in [0.15, 0.2) is 0 Å². The van der Waals surface area contributed by atoms with Gasteiger partial charge in [-0.25, -0.2) is 9.18 Å². The van der Waals surface area contributed by atoms with Crippen LogP contribution in [0.5, 0.6) is 0 Å². The molecule has 5 nitrogen and oxygen atoms in total. The molecule has 1 fully saturated rings. The number of carbonyl (C=O) groups is 2. The molecule has 1 atom stereocenters. The Morgan fingerprint density at radius 2 is 2.26 bits per heavy atom. The summed E-state index contributed by atoms with van der Waals surface area (Å²) in [5.41, 5.74) is -0.121. The summed E-state index contributed by atoms with van der Waals surface area (Å²) in [6.45, 7) is 0.887. The van der Waals surface area contributed by atoms with Gasteiger partial charge in [0.25, 0.3) is 0 Å². The second-order valence-corrected chi connectivity index (χ2v) is 4.54. The van der Waals surface area contributed by atoms with Crippen LogP contribution in [0.4, 0.5) is 10.1 Å². The first kappa shape index (κ1) is 13.5. The Hall–Kier alpha value is -1.95. The standard InChI is InChI=1S/C13H15FN2O3/c14-8-3-4-10(13(18)19)11(6-8)16-12(17)7-9-2-1-5-15-9/h3-4,6,9,15H,1-2,5,7H2,(H,16,17)(H,18,19). The molecule has 1 aromatic rings. The molecule has 19 heavy (non-hydrogen) atoms. The Kier molecular flexibility index (Phi) is 4.11. The van der Waals surface area contributed by atoms with Gasteiger partial charge in [0.2, 0.25) is 5.91 Å². The lowest BCUT2D eigenvalue weighted by atomic mass is 10.1. The fraction of sp³-hybridized carbons (Fsp3) is 0.385. The Morgan fingerprint density at radius 3 is 2.89 bits per heavy atom. The van der Waals surface area contributed by atoms with E-state index in [4.69, 9.17) is 5.11 Å². The zero-order valence-corrected chi connectivity index (χ0v) is 10.3. The number of hydrogen-bond donors (Lipinski definition) is 3. The summed E-state index contributed by atoms with van der Waals surface area (Å²) in [6, 6.07) is 3.32. The van der Waals surface area contributed by atoms with E-state index in [1.807, 2.05) is 0 Å². The first-order valence-electron chi connectivity index (χ1n) is 6.12. The van der Waals surface area contributed by atoms with E-state index in [1.165, 1.54) is 0 Å². The first-order valence-corrected chi connectivity index (χ1v) is 6.12. The van der Waals surface area contributed by atoms with Crippen LogP contribution >= 0.6 is 0 Å². The highest BCUT2D eigenvalue weighted by atomic mass is 19.1. The third kappa shape index (κ3) is 3.51. The minimum atomic E-state index is -1.20. The molecule has 0 aliphatic carbocycles. The molecule has 2 rings (SSSR count). The van der Waals surface area contributed by atoms with E-state index in [0.717, 1.165) is 37.6 Å². The number of nitrogens with one attached hydrogen (secondary N) is 2. The fourth-order valence-electron chi connectivity index (χ4n) is 2.16. The molecule has 1 aliphatic heterocycles. The molecule has 1 amide bonds. The minimum Gasteiger partial charge on any atom is -0.478 e. The first-order chi connectivity index (χ1) is 9.06. The maximum Gasteiger partial charge on any atom is 0.337 e. The van der Waals surface area contributed by atoms with E-state index in [-0.39, 0.29) is 29.6 Å². The molecular weight excluding hydrogens is 251 g/mol. The normalized spacial score (nSPS) is 18.3. The van der Waals surface area contributed by atoms with Crippen molar-refractivity contribution in [1.29, 1.82) is 0 Å². The number of anilines is 1. The maximum absolute atomic E-state index is 13.1. The average Bonchev–Trinajstić information content (AvgIpc) is 2.81. The number of amides is 1. The number of carboxylic acid groups (broad SMARTS) is 1. The van der Waals surface area contributed by atoms with Crippen LogP contribution in [0.3, 0.4) is 0 Å². The van der Waals surface area contributed by atoms with E-state index in [0.29, 0.717) is 0 Å². The van der Waals surface area contributed by atoms with Crippen LogP contribution in [0, 0.1) is 5.82 Å². The third-order valence-electron chi connectivity index (χ3n) is 3.08. The van der Waals surface area contributed by atoms with Gasteiger partial charge in [0.1, 0.15) is 5.82 Å². The van der Waals surface area contributed by atoms with Crippen LogP contribution in [0.25, 0.3) is 0 Å². The van der Waals surface area contributed by atoms with Crippen LogP contribution in [-0.4, -0.2) is 29.6 Å². The largest absolute Gasteiger partial charge is 0.478 e. The van der Waals surface area contributed by atoms with Crippen LogP contribution < -0.4 is 10.6 Å². The molecule has 1 heterocycles. The van der Waals surface area contributed by atoms with Crippen molar-refractivity contribution in [2.75, 3.05) is 11.9 Å². The molecule has 102 valence electrons. The second-order valence-electron chi connectivity index (χ2n) is 4.54. The maximum atomic E-state index is 13.1. The van der Waals surface area contributed by atoms with Crippen molar-refractivity contribution in [3.05, 3.63) is 29.6 Å². The molecular formula is C13H15FN2O3. The summed E-state index contributed by atoms with van der Waals surface area (Å²) in [6.07, 6.45) is 2.20. The highest BCUT2D eigenvalue weighted by Crippen LogP contribution is 2.18. The molecule has 0 spiro atoms. The quantitative estimate of drug-likeness (QED) is 0.773. The van der Waals surface area contributed by atoms with Gasteiger partial charge in [-0.05, 0) is 37.6 Å². The number of carboxylic acids is 1. The van der Waals surface area contributed by atoms with Gasteiger partial charge in [0.05, 0.1) is 11.3 Å². The van der Waals surface area contributed by atoms with Crippen molar-refractivity contribution in [1.82, 2.24) is 5.32 Å². The van der Waals surface area contributed by atoms with E-state index < -0.39 is 11.8 Å². The number of aromatic carboxylic acids is 1. The summed E-state index contributed by atoms with van der Waals surface area (Å²) in [5, 5.41) is 14.6. The highest BCUT2D eigenvalue weighted by Gasteiger charge is 2.19. The lowest BCUT2D eigenvalue weighted by molar-refractivity contribution is -0.116. The van der Waals surface area contributed by atoms with Crippen LogP contribution in [-0.2, 0) is 4.79 Å². The Balaban J connectivity index is 2.06. The van der Waals surface area contributed by atoms with Gasteiger partial charge in [-0.1, -0.05) is 0 Å². The van der Waals surface area contributed by atoms with Crippen LogP contribution in [0.2, 0.25) is 0 Å². The summed E-state index contributed by atoms with van der Waals surface area (Å²) in [5.74, 6) is -2.10. The molecule has 1 aliphatic rings. The van der Waals surface area contributed by atoms with E-state index in [2.05, 4.69) is 10.6 Å². The van der Waals surface area contributed by atoms with Crippen LogP contribution in [0.15, 0.2) is 18.2 Å². The Morgan fingerprint density at radius 1 is 1.47 bits per heavy atom. The number of benzene rings is 1. The summed E-state index contributed by atoms with van der Waals surface area (Å²) in [7, 11) is 0. The van der Waals surface area contributed by atoms with E-state index in [9.17, 15) is 14.0 Å². The number of carbonyl (C=O) groups excluding carboxylic acids is 1. The summed E-state index contributed by atoms with van der Waals surface area (Å²) < 4.78 is 13.1. The van der Waals surface area contributed by atoms with Gasteiger partial charge < -0.3 is 15.7 Å². The molecule has 0 saturated carbocycles. The van der Waals surface area contributed by atoms with E-state index in [1.54, 1.807) is 0 Å². The van der Waals surface area contributed by atoms with Gasteiger partial charge in [-0.15, -0.1) is 0 Å². The van der Waals surface area contributed by atoms with Crippen molar-refractivity contribution in [2.24, 2.45) is 0 Å². The van der Waals surface area contributed by atoms with Gasteiger partial charge >= 0.3 is 5.97 Å². The zero-order valence-electron chi connectivity index (χ0n) is 10.3. The SMILES string of the molecule is O=C(CC1CCCN1)Nc1cc(F)ccc1C(=O)O. The molecule has 1 saturated heterocycles. The van der Waals surface area contributed by atoms with Crippen LogP contribution in [0.1, 0.15) is 29.6 Å². The molecule has 0 radical (unpaired) electrons. The fourth-order valence-corrected chi connectivity index (χ4v) is 2.16. The van der Waals surface area contributed by atoms with Crippen molar-refractivity contribution >= 4 is 17.6 Å². The lowest BCUT2D eigenvalue weighted by Crippen LogP contribution is -2.27. The molecule has 1 unspecified atom stereocenters. The summed E-state index contributed by atoms with van der Waals surface area (Å²) in [4.78, 5) is 22.8. The number of hydrogen-bond acceptors (Lipinski definition) is 3. The highest BCUT2D eigenvalue weighted by molar-refractivity contribution is 6.00. The molecule has 1 aromatic carbocycles. The monoisotopic (exact) mass is 266 g/mol. The average molecular weight is 266 g/mol. The lowest BCUT2D eigenvalue weighted by Gasteiger charge is -2.12. The predicted octanol–water partition coefficient (Wildman–Crippen LogP) is 1.60. The number of rotatable bonds is 4. The smallest absolute Gasteiger partial charge is 0.337 e. The molecule has 6 heteroatoms. The Bertz CT molecular complexity index is 499. The van der Waals surface area contributed by atoms with Gasteiger partial charge in [0, 0.05) is 12.5 Å². The predicted molar refractivity (Wildman–Crippen MR) is 67.6 cm³/mol. The van der Waals surface area contributed by atoms with Crippen molar-refractivity contribution < 1.29 is 19.1 Å². The summed E-state index contributed by atoms with van der Waals surface area (Å²) >= 11 is 0. The van der Waals surface area contributed by atoms with Crippen molar-refractivity contribution in [2.45, 2.75) is 25.3 Å². The molecule has 3 N–H and O–H groups in total. The molecule has 0 aromatic heterocycles. The second kappa shape index (κ2) is 5.79. The van der Waals surface area contributed by atoms with Crippen molar-refractivity contribution in [3.8, 4) is 0 Å². The number of halogens is 1. The van der Waals surface area contributed by atoms with Gasteiger partial charge in [-0.3, -0.25) is 4.79 Å². The minimum absolute atomic E-state index is 0.00417. The topological polar surface area (TPSA) is 78.4 Å². The molecule has 0 bridgehead atoms. The Labute approximate surface area is 109 Å². The van der Waals surface area contributed by atoms with Gasteiger partial charge in [-0.2, -0.15) is 0 Å². The zero-order chi connectivity index (χ0) is 13.8. The van der Waals surface area contributed by atoms with E-state index >= 15 is 0 Å². The third-order valence-corrected chi connectivity index (χ3v) is 3.08.